The van der Waals surface area contributed by atoms with E-state index >= 15 is 0 Å². The van der Waals surface area contributed by atoms with Gasteiger partial charge in [-0.3, -0.25) is 4.79 Å². The average Bonchev–Trinajstić information content (AvgIpc) is 2.84. The van der Waals surface area contributed by atoms with Crippen molar-refractivity contribution in [3.8, 4) is 0 Å². The van der Waals surface area contributed by atoms with Crippen LogP contribution in [0.3, 0.4) is 0 Å². The van der Waals surface area contributed by atoms with Gasteiger partial charge in [-0.15, -0.1) is 5.01 Å². The molecule has 2 aromatic carbocycles. The second-order valence-corrected chi connectivity index (χ2v) is 6.28. The van der Waals surface area contributed by atoms with Crippen LogP contribution < -0.4 is 5.32 Å². The van der Waals surface area contributed by atoms with E-state index < -0.39 is 29.1 Å². The van der Waals surface area contributed by atoms with Crippen molar-refractivity contribution in [3.05, 3.63) is 71.3 Å². The summed E-state index contributed by atoms with van der Waals surface area (Å²) in [6.45, 7) is 1.64. The number of carbonyl (C=O) groups excluding carboxylic acids is 2. The summed E-state index contributed by atoms with van der Waals surface area (Å²) in [4.78, 5) is 24.7. The molecule has 1 heterocycles. The molecule has 1 aliphatic heterocycles. The number of urea groups is 1. The lowest BCUT2D eigenvalue weighted by molar-refractivity contribution is -0.130. The molecular formula is C19H17F2N3O2. The van der Waals surface area contributed by atoms with Crippen LogP contribution in [-0.2, 0) is 11.2 Å². The number of hydrogen-bond donors (Lipinski definition) is 1. The molecule has 1 aliphatic rings. The van der Waals surface area contributed by atoms with E-state index in [0.29, 0.717) is 17.9 Å². The highest BCUT2D eigenvalue weighted by Crippen LogP contribution is 2.23. The Bertz CT molecular complexity index is 870. The van der Waals surface area contributed by atoms with Crippen LogP contribution in [0.15, 0.2) is 53.6 Å². The molecule has 26 heavy (non-hydrogen) atoms. The van der Waals surface area contributed by atoms with Gasteiger partial charge in [-0.1, -0.05) is 36.4 Å². The van der Waals surface area contributed by atoms with Crippen LogP contribution in [0.2, 0.25) is 0 Å². The van der Waals surface area contributed by atoms with E-state index in [0.717, 1.165) is 23.9 Å². The highest BCUT2D eigenvalue weighted by molar-refractivity contribution is 6.07. The number of rotatable bonds is 5. The first-order valence-corrected chi connectivity index (χ1v) is 8.09. The minimum absolute atomic E-state index is 0.238. The second kappa shape index (κ2) is 7.03. The number of amides is 3. The van der Waals surface area contributed by atoms with Crippen LogP contribution in [-0.4, -0.2) is 28.7 Å². The molecule has 5 nitrogen and oxygen atoms in total. The molecule has 3 rings (SSSR count). The monoisotopic (exact) mass is 357 g/mol. The minimum atomic E-state index is -1.07. The van der Waals surface area contributed by atoms with E-state index in [-0.39, 0.29) is 5.56 Å². The summed E-state index contributed by atoms with van der Waals surface area (Å²) in [5.74, 6) is -2.50. The molecule has 2 aromatic rings. The summed E-state index contributed by atoms with van der Waals surface area (Å²) in [5, 5.41) is 7.20. The van der Waals surface area contributed by atoms with Crippen LogP contribution in [0.4, 0.5) is 13.6 Å². The maximum absolute atomic E-state index is 13.2. The Morgan fingerprint density at radius 3 is 2.54 bits per heavy atom. The van der Waals surface area contributed by atoms with Crippen LogP contribution >= 0.6 is 0 Å². The first kappa shape index (κ1) is 17.7. The van der Waals surface area contributed by atoms with Gasteiger partial charge in [-0.05, 0) is 43.0 Å². The summed E-state index contributed by atoms with van der Waals surface area (Å²) in [6, 6.07) is 12.2. The SMILES string of the molecule is C[C@@]1(CCc2ccccc2)NC(=O)N(/N=C\c2ccc(F)c(F)c2)C1=O. The molecule has 0 unspecified atom stereocenters. The Kier molecular flexibility index (Phi) is 4.79. The Labute approximate surface area is 149 Å². The molecule has 1 atom stereocenters. The molecule has 134 valence electrons. The molecule has 0 aliphatic carbocycles. The van der Waals surface area contributed by atoms with E-state index in [1.165, 1.54) is 6.07 Å². The van der Waals surface area contributed by atoms with Crippen molar-refractivity contribution in [3.63, 3.8) is 0 Å². The van der Waals surface area contributed by atoms with E-state index in [1.54, 1.807) is 6.92 Å². The van der Waals surface area contributed by atoms with Gasteiger partial charge in [0.1, 0.15) is 5.54 Å². The normalized spacial score (nSPS) is 20.0. The lowest BCUT2D eigenvalue weighted by atomic mass is 9.93. The van der Waals surface area contributed by atoms with Crippen LogP contribution in [0.5, 0.6) is 0 Å². The number of hydrazone groups is 1. The fraction of sp³-hybridized carbons (Fsp3) is 0.211. The van der Waals surface area contributed by atoms with Crippen molar-refractivity contribution >= 4 is 18.2 Å². The topological polar surface area (TPSA) is 61.8 Å². The number of halogens is 2. The number of nitrogens with one attached hydrogen (secondary N) is 1. The van der Waals surface area contributed by atoms with Gasteiger partial charge in [-0.2, -0.15) is 5.10 Å². The van der Waals surface area contributed by atoms with Gasteiger partial charge in [0, 0.05) is 0 Å². The van der Waals surface area contributed by atoms with Crippen molar-refractivity contribution in [2.24, 2.45) is 5.10 Å². The van der Waals surface area contributed by atoms with Crippen molar-refractivity contribution in [2.75, 3.05) is 0 Å². The van der Waals surface area contributed by atoms with Crippen molar-refractivity contribution < 1.29 is 18.4 Å². The number of carbonyl (C=O) groups is 2. The molecule has 0 bridgehead atoms. The van der Waals surface area contributed by atoms with Crippen LogP contribution in [0, 0.1) is 11.6 Å². The molecule has 1 saturated heterocycles. The molecule has 7 heteroatoms. The first-order valence-electron chi connectivity index (χ1n) is 8.09. The third-order valence-electron chi connectivity index (χ3n) is 4.26. The predicted octanol–water partition coefficient (Wildman–Crippen LogP) is 3.24. The minimum Gasteiger partial charge on any atom is -0.322 e. The largest absolute Gasteiger partial charge is 0.346 e. The number of hydrogen-bond acceptors (Lipinski definition) is 3. The van der Waals surface area contributed by atoms with Gasteiger partial charge < -0.3 is 5.32 Å². The summed E-state index contributed by atoms with van der Waals surface area (Å²) < 4.78 is 26.2. The molecule has 3 amide bonds. The second-order valence-electron chi connectivity index (χ2n) is 6.28. The molecule has 0 spiro atoms. The third kappa shape index (κ3) is 3.61. The Balaban J connectivity index is 1.71. The number of imide groups is 1. The Morgan fingerprint density at radius 1 is 1.12 bits per heavy atom. The average molecular weight is 357 g/mol. The van der Waals surface area contributed by atoms with Gasteiger partial charge >= 0.3 is 6.03 Å². The van der Waals surface area contributed by atoms with E-state index in [2.05, 4.69) is 10.4 Å². The van der Waals surface area contributed by atoms with Crippen molar-refractivity contribution in [1.29, 1.82) is 0 Å². The number of aryl methyl sites for hydroxylation is 1. The summed E-state index contributed by atoms with van der Waals surface area (Å²) >= 11 is 0. The molecule has 0 radical (unpaired) electrons. The van der Waals surface area contributed by atoms with Crippen LogP contribution in [0.1, 0.15) is 24.5 Å². The van der Waals surface area contributed by atoms with Gasteiger partial charge in [0.05, 0.1) is 6.21 Å². The standard InChI is InChI=1S/C19H17F2N3O2/c1-19(10-9-13-5-3-2-4-6-13)17(25)24(18(26)23-19)22-12-14-7-8-15(20)16(21)11-14/h2-8,11-12H,9-10H2,1H3,(H,23,26)/b22-12-/t19-/m0/s1. The first-order chi connectivity index (χ1) is 12.4. The highest BCUT2D eigenvalue weighted by atomic mass is 19.2. The third-order valence-corrected chi connectivity index (χ3v) is 4.26. The van der Waals surface area contributed by atoms with E-state index in [9.17, 15) is 18.4 Å². The Morgan fingerprint density at radius 2 is 1.85 bits per heavy atom. The van der Waals surface area contributed by atoms with Gasteiger partial charge in [-0.25, -0.2) is 13.6 Å². The number of benzene rings is 2. The van der Waals surface area contributed by atoms with Crippen molar-refractivity contribution in [1.82, 2.24) is 10.3 Å². The summed E-state index contributed by atoms with van der Waals surface area (Å²) in [7, 11) is 0. The lowest BCUT2D eigenvalue weighted by Gasteiger charge is -2.20. The summed E-state index contributed by atoms with van der Waals surface area (Å²) in [6.07, 6.45) is 2.17. The van der Waals surface area contributed by atoms with E-state index in [4.69, 9.17) is 0 Å². The fourth-order valence-corrected chi connectivity index (χ4v) is 2.70. The lowest BCUT2D eigenvalue weighted by Crippen LogP contribution is -2.44. The Hall–Kier alpha value is -3.09. The molecule has 0 aromatic heterocycles. The molecule has 1 fully saturated rings. The number of nitrogens with zero attached hydrogens (tertiary/aromatic N) is 2. The molecule has 0 saturated carbocycles. The zero-order valence-electron chi connectivity index (χ0n) is 14.1. The predicted molar refractivity (Wildman–Crippen MR) is 92.5 cm³/mol. The quantitative estimate of drug-likeness (QED) is 0.660. The van der Waals surface area contributed by atoms with E-state index in [1.807, 2.05) is 30.3 Å². The summed E-state index contributed by atoms with van der Waals surface area (Å²) in [5.41, 5.74) is 0.222. The smallest absolute Gasteiger partial charge is 0.322 e. The molecular weight excluding hydrogens is 340 g/mol. The molecule has 1 N–H and O–H groups in total. The van der Waals surface area contributed by atoms with Crippen LogP contribution in [0.25, 0.3) is 0 Å². The maximum Gasteiger partial charge on any atom is 0.346 e. The maximum atomic E-state index is 13.2. The van der Waals surface area contributed by atoms with Gasteiger partial charge in [0.2, 0.25) is 0 Å². The highest BCUT2D eigenvalue weighted by Gasteiger charge is 2.47. The zero-order chi connectivity index (χ0) is 18.7. The van der Waals surface area contributed by atoms with Gasteiger partial charge in [0.25, 0.3) is 5.91 Å². The van der Waals surface area contributed by atoms with Gasteiger partial charge in [0.15, 0.2) is 11.6 Å². The van der Waals surface area contributed by atoms with Crippen molar-refractivity contribution in [2.45, 2.75) is 25.3 Å². The zero-order valence-corrected chi connectivity index (χ0v) is 14.1. The fourth-order valence-electron chi connectivity index (χ4n) is 2.70.